The topological polar surface area (TPSA) is 20.3 Å². The summed E-state index contributed by atoms with van der Waals surface area (Å²) in [6.07, 6.45) is 3.16. The molecule has 11 heavy (non-hydrogen) atoms. The molecule has 0 N–H and O–H groups in total. The Bertz CT molecular complexity index is 123. The van der Waals surface area contributed by atoms with Crippen LogP contribution < -0.4 is 0 Å². The van der Waals surface area contributed by atoms with Crippen LogP contribution in [-0.2, 0) is 4.79 Å². The first-order valence-electron chi connectivity index (χ1n) is 4.01. The van der Waals surface area contributed by atoms with E-state index in [4.69, 9.17) is 0 Å². The molecule has 0 amide bonds. The lowest BCUT2D eigenvalue weighted by Gasteiger charge is -2.30. The second-order valence-electron chi connectivity index (χ2n) is 3.00. The largest absolute Gasteiger partial charge is 0.303 e. The fraction of sp³-hybridized carbons (Fsp3) is 0.875. The molecule has 1 rings (SSSR count). The molecule has 0 bridgehead atoms. The molecule has 0 radical (unpaired) electrons. The molecule has 2 nitrogen and oxygen atoms in total. The van der Waals surface area contributed by atoms with E-state index in [2.05, 4.69) is 4.90 Å². The van der Waals surface area contributed by atoms with Crippen LogP contribution >= 0.6 is 12.4 Å². The lowest BCUT2D eigenvalue weighted by Crippen LogP contribution is -2.37. The number of hydrogen-bond donors (Lipinski definition) is 0. The van der Waals surface area contributed by atoms with Gasteiger partial charge >= 0.3 is 0 Å². The number of carbonyl (C=O) groups excluding carboxylic acids is 1. The number of rotatable bonds is 4. The highest BCUT2D eigenvalue weighted by atomic mass is 35.5. The van der Waals surface area contributed by atoms with Crippen LogP contribution in [-0.4, -0.2) is 30.3 Å². The van der Waals surface area contributed by atoms with Gasteiger partial charge in [-0.2, -0.15) is 0 Å². The zero-order valence-corrected chi connectivity index (χ0v) is 7.82. The number of hydrogen-bond acceptors (Lipinski definition) is 2. The molecule has 1 aliphatic rings. The van der Waals surface area contributed by atoms with E-state index in [-0.39, 0.29) is 12.4 Å². The molecule has 0 aromatic rings. The van der Waals surface area contributed by atoms with Crippen LogP contribution in [0, 0.1) is 0 Å². The minimum Gasteiger partial charge on any atom is -0.303 e. The molecule has 0 aliphatic carbocycles. The van der Waals surface area contributed by atoms with E-state index in [0.29, 0.717) is 5.78 Å². The van der Waals surface area contributed by atoms with Gasteiger partial charge in [0.2, 0.25) is 0 Å². The number of halogens is 1. The fourth-order valence-corrected chi connectivity index (χ4v) is 1.16. The van der Waals surface area contributed by atoms with Crippen LogP contribution in [0.4, 0.5) is 0 Å². The minimum absolute atomic E-state index is 0. The maximum atomic E-state index is 10.5. The Hall–Kier alpha value is -0.0800. The van der Waals surface area contributed by atoms with E-state index >= 15 is 0 Å². The summed E-state index contributed by atoms with van der Waals surface area (Å²) in [5.41, 5.74) is 0. The molecule has 66 valence electrons. The highest BCUT2D eigenvalue weighted by Crippen LogP contribution is 2.06. The van der Waals surface area contributed by atoms with E-state index in [1.54, 1.807) is 6.92 Å². The standard InChI is InChI=1S/C8H15NO.ClH/c1-8(10)4-2-5-9-6-3-7-9;/h2-7H2,1H3;1H. The first kappa shape index (κ1) is 10.9. The quantitative estimate of drug-likeness (QED) is 0.649. The molecule has 1 fully saturated rings. The molecule has 1 heterocycles. The first-order valence-corrected chi connectivity index (χ1v) is 4.01. The van der Waals surface area contributed by atoms with Crippen LogP contribution in [0.1, 0.15) is 26.2 Å². The maximum Gasteiger partial charge on any atom is 0.129 e. The zero-order chi connectivity index (χ0) is 7.40. The Morgan fingerprint density at radius 2 is 2.09 bits per heavy atom. The lowest BCUT2D eigenvalue weighted by atomic mass is 10.2. The van der Waals surface area contributed by atoms with Gasteiger partial charge in [0.05, 0.1) is 0 Å². The molecule has 0 saturated carbocycles. The smallest absolute Gasteiger partial charge is 0.129 e. The Morgan fingerprint density at radius 1 is 1.45 bits per heavy atom. The van der Waals surface area contributed by atoms with Gasteiger partial charge in [0.1, 0.15) is 5.78 Å². The zero-order valence-electron chi connectivity index (χ0n) is 7.01. The predicted octanol–water partition coefficient (Wildman–Crippen LogP) is 1.48. The highest BCUT2D eigenvalue weighted by molar-refractivity contribution is 5.85. The molecule has 1 saturated heterocycles. The maximum absolute atomic E-state index is 10.5. The van der Waals surface area contributed by atoms with Gasteiger partial charge in [0, 0.05) is 6.42 Å². The average molecular weight is 178 g/mol. The normalized spacial score (nSPS) is 16.8. The third-order valence-corrected chi connectivity index (χ3v) is 1.95. The summed E-state index contributed by atoms with van der Waals surface area (Å²) in [6.45, 7) is 5.28. The molecule has 1 aliphatic heterocycles. The van der Waals surface area contributed by atoms with Crippen molar-refractivity contribution in [1.29, 1.82) is 0 Å². The van der Waals surface area contributed by atoms with Gasteiger partial charge in [-0.15, -0.1) is 12.4 Å². The van der Waals surface area contributed by atoms with E-state index < -0.39 is 0 Å². The van der Waals surface area contributed by atoms with Crippen LogP contribution in [0.3, 0.4) is 0 Å². The second-order valence-corrected chi connectivity index (χ2v) is 3.00. The van der Waals surface area contributed by atoms with Crippen molar-refractivity contribution in [1.82, 2.24) is 4.90 Å². The predicted molar refractivity (Wildman–Crippen MR) is 48.2 cm³/mol. The first-order chi connectivity index (χ1) is 4.79. The van der Waals surface area contributed by atoms with Crippen molar-refractivity contribution in [2.24, 2.45) is 0 Å². The summed E-state index contributed by atoms with van der Waals surface area (Å²) in [4.78, 5) is 12.9. The summed E-state index contributed by atoms with van der Waals surface area (Å²) in [7, 11) is 0. The van der Waals surface area contributed by atoms with Crippen LogP contribution in [0.2, 0.25) is 0 Å². The second kappa shape index (κ2) is 5.56. The van der Waals surface area contributed by atoms with Gasteiger partial charge in [-0.3, -0.25) is 0 Å². The number of nitrogens with zero attached hydrogens (tertiary/aromatic N) is 1. The fourth-order valence-electron chi connectivity index (χ4n) is 1.16. The lowest BCUT2D eigenvalue weighted by molar-refractivity contribution is -0.117. The van der Waals surface area contributed by atoms with Crippen LogP contribution in [0.25, 0.3) is 0 Å². The molecule has 0 aromatic carbocycles. The van der Waals surface area contributed by atoms with Gasteiger partial charge in [-0.05, 0) is 39.4 Å². The number of Topliss-reactive ketones (excluding diaryl/α,β-unsaturated/α-hetero) is 1. The van der Waals surface area contributed by atoms with E-state index in [0.717, 1.165) is 19.4 Å². The minimum atomic E-state index is 0. The Balaban J connectivity index is 0.000001000. The van der Waals surface area contributed by atoms with E-state index in [1.807, 2.05) is 0 Å². The SMILES string of the molecule is CC(=O)CCCN1CCC1.Cl. The van der Waals surface area contributed by atoms with Gasteiger partial charge in [-0.25, -0.2) is 0 Å². The van der Waals surface area contributed by atoms with Crippen molar-refractivity contribution in [3.8, 4) is 0 Å². The third-order valence-electron chi connectivity index (χ3n) is 1.95. The van der Waals surface area contributed by atoms with Gasteiger partial charge in [0.25, 0.3) is 0 Å². The van der Waals surface area contributed by atoms with Crippen molar-refractivity contribution in [3.63, 3.8) is 0 Å². The number of likely N-dealkylation sites (tertiary alicyclic amines) is 1. The Labute approximate surface area is 74.4 Å². The molecular weight excluding hydrogens is 162 g/mol. The Kier molecular flexibility index (Phi) is 5.51. The van der Waals surface area contributed by atoms with E-state index in [1.165, 1.54) is 19.5 Å². The molecular formula is C8H16ClNO. The van der Waals surface area contributed by atoms with Crippen molar-refractivity contribution in [3.05, 3.63) is 0 Å². The van der Waals surface area contributed by atoms with Crippen LogP contribution in [0.15, 0.2) is 0 Å². The summed E-state index contributed by atoms with van der Waals surface area (Å²) in [5, 5.41) is 0. The average Bonchev–Trinajstić information content (AvgIpc) is 1.75. The van der Waals surface area contributed by atoms with Gasteiger partial charge < -0.3 is 9.69 Å². The third kappa shape index (κ3) is 4.38. The van der Waals surface area contributed by atoms with Crippen molar-refractivity contribution in [2.75, 3.05) is 19.6 Å². The van der Waals surface area contributed by atoms with Crippen molar-refractivity contribution < 1.29 is 4.79 Å². The molecule has 0 unspecified atom stereocenters. The highest BCUT2D eigenvalue weighted by Gasteiger charge is 2.12. The van der Waals surface area contributed by atoms with Crippen molar-refractivity contribution >= 4 is 18.2 Å². The molecule has 0 atom stereocenters. The molecule has 3 heteroatoms. The van der Waals surface area contributed by atoms with E-state index in [9.17, 15) is 4.79 Å². The summed E-state index contributed by atoms with van der Waals surface area (Å²) >= 11 is 0. The summed E-state index contributed by atoms with van der Waals surface area (Å²) < 4.78 is 0. The Morgan fingerprint density at radius 3 is 2.45 bits per heavy atom. The van der Waals surface area contributed by atoms with Gasteiger partial charge in [0.15, 0.2) is 0 Å². The number of ketones is 1. The molecule has 0 aromatic heterocycles. The molecule has 0 spiro atoms. The summed E-state index contributed by atoms with van der Waals surface area (Å²) in [5.74, 6) is 0.320. The number of carbonyl (C=O) groups is 1. The van der Waals surface area contributed by atoms with Crippen LogP contribution in [0.5, 0.6) is 0 Å². The monoisotopic (exact) mass is 177 g/mol. The summed E-state index contributed by atoms with van der Waals surface area (Å²) in [6, 6.07) is 0. The van der Waals surface area contributed by atoms with Crippen molar-refractivity contribution in [2.45, 2.75) is 26.2 Å². The van der Waals surface area contributed by atoms with Gasteiger partial charge in [-0.1, -0.05) is 0 Å².